The van der Waals surface area contributed by atoms with Gasteiger partial charge >= 0.3 is 0 Å². The molecular weight excluding hydrogens is 290 g/mol. The van der Waals surface area contributed by atoms with Gasteiger partial charge in [0.2, 0.25) is 0 Å². The molecular formula is C19H21NO3. The van der Waals surface area contributed by atoms with Gasteiger partial charge in [-0.1, -0.05) is 0 Å². The van der Waals surface area contributed by atoms with E-state index >= 15 is 0 Å². The molecule has 0 aliphatic carbocycles. The highest BCUT2D eigenvalue weighted by atomic mass is 16.5. The summed E-state index contributed by atoms with van der Waals surface area (Å²) >= 11 is 0. The van der Waals surface area contributed by atoms with E-state index in [1.165, 1.54) is 10.9 Å². The van der Waals surface area contributed by atoms with Gasteiger partial charge in [-0.25, -0.2) is 0 Å². The molecule has 120 valence electrons. The molecule has 0 radical (unpaired) electrons. The SMILES string of the molecule is CCOc1ccc2c(ccn2CCOc2ccc(OC)cc2)c1. The van der Waals surface area contributed by atoms with E-state index in [0.29, 0.717) is 13.2 Å². The normalized spacial score (nSPS) is 10.7. The molecule has 1 heterocycles. The predicted molar refractivity (Wildman–Crippen MR) is 91.6 cm³/mol. The molecule has 4 heteroatoms. The summed E-state index contributed by atoms with van der Waals surface area (Å²) in [6.07, 6.45) is 2.08. The fourth-order valence-corrected chi connectivity index (χ4v) is 2.56. The maximum atomic E-state index is 5.79. The summed E-state index contributed by atoms with van der Waals surface area (Å²) in [6.45, 7) is 4.08. The van der Waals surface area contributed by atoms with Crippen molar-refractivity contribution in [2.24, 2.45) is 0 Å². The second-order valence-electron chi connectivity index (χ2n) is 5.19. The lowest BCUT2D eigenvalue weighted by atomic mass is 10.2. The molecule has 0 atom stereocenters. The third kappa shape index (κ3) is 3.59. The number of aromatic nitrogens is 1. The standard InChI is InChI=1S/C19H21NO3/c1-3-22-18-8-9-19-15(14-18)10-11-20(19)12-13-23-17-6-4-16(21-2)5-7-17/h4-11,14H,3,12-13H2,1-2H3. The molecule has 0 N–H and O–H groups in total. The molecule has 3 rings (SSSR count). The molecule has 0 unspecified atom stereocenters. The fourth-order valence-electron chi connectivity index (χ4n) is 2.56. The Morgan fingerprint density at radius 1 is 0.870 bits per heavy atom. The molecule has 23 heavy (non-hydrogen) atoms. The van der Waals surface area contributed by atoms with Gasteiger partial charge in [0, 0.05) is 17.1 Å². The molecule has 3 aromatic rings. The van der Waals surface area contributed by atoms with Crippen LogP contribution in [0, 0.1) is 0 Å². The van der Waals surface area contributed by atoms with Crippen molar-refractivity contribution in [1.29, 1.82) is 0 Å². The van der Waals surface area contributed by atoms with Crippen LogP contribution in [-0.2, 0) is 6.54 Å². The Hall–Kier alpha value is -2.62. The molecule has 4 nitrogen and oxygen atoms in total. The van der Waals surface area contributed by atoms with Gasteiger partial charge in [-0.2, -0.15) is 0 Å². The average molecular weight is 311 g/mol. The second kappa shape index (κ2) is 7.09. The van der Waals surface area contributed by atoms with Gasteiger partial charge in [0.15, 0.2) is 0 Å². The number of benzene rings is 2. The Balaban J connectivity index is 1.62. The van der Waals surface area contributed by atoms with E-state index in [9.17, 15) is 0 Å². The minimum absolute atomic E-state index is 0.614. The summed E-state index contributed by atoms with van der Waals surface area (Å²) in [4.78, 5) is 0. The Morgan fingerprint density at radius 2 is 1.61 bits per heavy atom. The zero-order chi connectivity index (χ0) is 16.1. The van der Waals surface area contributed by atoms with Crippen molar-refractivity contribution in [2.45, 2.75) is 13.5 Å². The summed E-state index contributed by atoms with van der Waals surface area (Å²) in [5.74, 6) is 2.59. The summed E-state index contributed by atoms with van der Waals surface area (Å²) in [6, 6.07) is 15.9. The second-order valence-corrected chi connectivity index (χ2v) is 5.19. The third-order valence-electron chi connectivity index (χ3n) is 3.71. The van der Waals surface area contributed by atoms with Gasteiger partial charge in [-0.15, -0.1) is 0 Å². The lowest BCUT2D eigenvalue weighted by Gasteiger charge is -2.09. The topological polar surface area (TPSA) is 32.6 Å². The first-order valence-electron chi connectivity index (χ1n) is 7.78. The first-order chi connectivity index (χ1) is 11.3. The molecule has 0 aliphatic heterocycles. The van der Waals surface area contributed by atoms with E-state index in [-0.39, 0.29) is 0 Å². The minimum atomic E-state index is 0.614. The molecule has 0 saturated carbocycles. The van der Waals surface area contributed by atoms with E-state index in [0.717, 1.165) is 23.8 Å². The lowest BCUT2D eigenvalue weighted by molar-refractivity contribution is 0.300. The van der Waals surface area contributed by atoms with E-state index in [4.69, 9.17) is 14.2 Å². The van der Waals surface area contributed by atoms with Gasteiger partial charge in [-0.3, -0.25) is 0 Å². The number of rotatable bonds is 7. The van der Waals surface area contributed by atoms with Crippen LogP contribution in [0.3, 0.4) is 0 Å². The lowest BCUT2D eigenvalue weighted by Crippen LogP contribution is -2.07. The fraction of sp³-hybridized carbons (Fsp3) is 0.263. The zero-order valence-corrected chi connectivity index (χ0v) is 13.5. The van der Waals surface area contributed by atoms with Crippen molar-refractivity contribution in [3.8, 4) is 17.2 Å². The third-order valence-corrected chi connectivity index (χ3v) is 3.71. The van der Waals surface area contributed by atoms with Crippen LogP contribution in [0.25, 0.3) is 10.9 Å². The van der Waals surface area contributed by atoms with Gasteiger partial charge in [0.25, 0.3) is 0 Å². The highest BCUT2D eigenvalue weighted by Crippen LogP contribution is 2.22. The maximum Gasteiger partial charge on any atom is 0.120 e. The first kappa shape index (κ1) is 15.3. The van der Waals surface area contributed by atoms with Crippen LogP contribution in [0.5, 0.6) is 17.2 Å². The molecule has 1 aromatic heterocycles. The number of nitrogens with zero attached hydrogens (tertiary/aromatic N) is 1. The predicted octanol–water partition coefficient (Wildman–Crippen LogP) is 4.13. The van der Waals surface area contributed by atoms with Crippen molar-refractivity contribution in [1.82, 2.24) is 4.57 Å². The van der Waals surface area contributed by atoms with Crippen molar-refractivity contribution in [3.63, 3.8) is 0 Å². The largest absolute Gasteiger partial charge is 0.497 e. The maximum absolute atomic E-state index is 5.79. The van der Waals surface area contributed by atoms with Crippen LogP contribution < -0.4 is 14.2 Å². The van der Waals surface area contributed by atoms with Crippen LogP contribution in [-0.4, -0.2) is 24.9 Å². The molecule has 0 amide bonds. The quantitative estimate of drug-likeness (QED) is 0.658. The van der Waals surface area contributed by atoms with E-state index < -0.39 is 0 Å². The Kier molecular flexibility index (Phi) is 4.71. The molecule has 0 aliphatic rings. The first-order valence-corrected chi connectivity index (χ1v) is 7.78. The van der Waals surface area contributed by atoms with Crippen molar-refractivity contribution < 1.29 is 14.2 Å². The van der Waals surface area contributed by atoms with Crippen LogP contribution in [0.4, 0.5) is 0 Å². The van der Waals surface area contributed by atoms with E-state index in [1.807, 2.05) is 37.3 Å². The van der Waals surface area contributed by atoms with Gasteiger partial charge < -0.3 is 18.8 Å². The average Bonchev–Trinajstić information content (AvgIpc) is 2.98. The van der Waals surface area contributed by atoms with Crippen molar-refractivity contribution >= 4 is 10.9 Å². The number of ether oxygens (including phenoxy) is 3. The van der Waals surface area contributed by atoms with Gasteiger partial charge in [0.05, 0.1) is 20.3 Å². The van der Waals surface area contributed by atoms with E-state index in [1.54, 1.807) is 7.11 Å². The zero-order valence-electron chi connectivity index (χ0n) is 13.5. The van der Waals surface area contributed by atoms with Crippen LogP contribution in [0.1, 0.15) is 6.92 Å². The Morgan fingerprint density at radius 3 is 2.35 bits per heavy atom. The highest BCUT2D eigenvalue weighted by Gasteiger charge is 2.03. The minimum Gasteiger partial charge on any atom is -0.497 e. The number of fused-ring (bicyclic) bond motifs is 1. The number of hydrogen-bond donors (Lipinski definition) is 0. The summed E-state index contributed by atoms with van der Waals surface area (Å²) in [7, 11) is 1.66. The summed E-state index contributed by atoms with van der Waals surface area (Å²) in [5.41, 5.74) is 1.19. The van der Waals surface area contributed by atoms with Crippen molar-refractivity contribution in [2.75, 3.05) is 20.3 Å². The summed E-state index contributed by atoms with van der Waals surface area (Å²) in [5, 5.41) is 1.18. The van der Waals surface area contributed by atoms with E-state index in [2.05, 4.69) is 29.0 Å². The summed E-state index contributed by atoms with van der Waals surface area (Å²) < 4.78 is 18.7. The highest BCUT2D eigenvalue weighted by molar-refractivity contribution is 5.81. The Bertz CT molecular complexity index is 762. The Labute approximate surface area is 136 Å². The molecule has 0 fully saturated rings. The van der Waals surface area contributed by atoms with Gasteiger partial charge in [0.1, 0.15) is 23.9 Å². The van der Waals surface area contributed by atoms with Crippen LogP contribution >= 0.6 is 0 Å². The monoisotopic (exact) mass is 311 g/mol. The molecule has 0 spiro atoms. The molecule has 2 aromatic carbocycles. The van der Waals surface area contributed by atoms with Crippen LogP contribution in [0.15, 0.2) is 54.7 Å². The smallest absolute Gasteiger partial charge is 0.120 e. The van der Waals surface area contributed by atoms with Crippen molar-refractivity contribution in [3.05, 3.63) is 54.7 Å². The number of hydrogen-bond acceptors (Lipinski definition) is 3. The van der Waals surface area contributed by atoms with Gasteiger partial charge in [-0.05, 0) is 55.5 Å². The number of methoxy groups -OCH3 is 1. The molecule has 0 bridgehead atoms. The molecule has 0 saturated heterocycles. The van der Waals surface area contributed by atoms with Crippen LogP contribution in [0.2, 0.25) is 0 Å².